The minimum atomic E-state index is -0.724. The van der Waals surface area contributed by atoms with Crippen LogP contribution in [0.15, 0.2) is 11.4 Å². The van der Waals surface area contributed by atoms with Crippen LogP contribution in [0, 0.1) is 6.92 Å². The van der Waals surface area contributed by atoms with Crippen LogP contribution < -0.4 is 0 Å². The van der Waals surface area contributed by atoms with Crippen LogP contribution in [-0.2, 0) is 11.3 Å². The molecule has 1 aliphatic rings. The van der Waals surface area contributed by atoms with Crippen LogP contribution in [0.1, 0.15) is 16.9 Å². The first kappa shape index (κ1) is 13.5. The fraction of sp³-hybridized carbons (Fsp3) is 0.615. The summed E-state index contributed by atoms with van der Waals surface area (Å²) in [6, 6.07) is 2.16. The molecule has 1 fully saturated rings. The summed E-state index contributed by atoms with van der Waals surface area (Å²) in [4.78, 5) is 16.6. The molecule has 0 unspecified atom stereocenters. The second kappa shape index (κ2) is 6.31. The van der Waals surface area contributed by atoms with Gasteiger partial charge in [0.05, 0.1) is 6.54 Å². The van der Waals surface area contributed by atoms with E-state index in [0.29, 0.717) is 0 Å². The van der Waals surface area contributed by atoms with Crippen molar-refractivity contribution in [3.8, 4) is 0 Å². The van der Waals surface area contributed by atoms with Crippen molar-refractivity contribution < 1.29 is 9.90 Å². The number of rotatable bonds is 4. The van der Waals surface area contributed by atoms with Gasteiger partial charge in [-0.1, -0.05) is 0 Å². The topological polar surface area (TPSA) is 43.8 Å². The second-order valence-corrected chi connectivity index (χ2v) is 5.83. The Labute approximate surface area is 112 Å². The number of aliphatic carboxylic acids is 1. The largest absolute Gasteiger partial charge is 0.480 e. The predicted octanol–water partition coefficient (Wildman–Crippen LogP) is 1.65. The van der Waals surface area contributed by atoms with E-state index in [4.69, 9.17) is 5.11 Å². The van der Waals surface area contributed by atoms with Crippen LogP contribution >= 0.6 is 11.3 Å². The minimum Gasteiger partial charge on any atom is -0.480 e. The lowest BCUT2D eigenvalue weighted by Gasteiger charge is -2.20. The summed E-state index contributed by atoms with van der Waals surface area (Å²) >= 11 is 1.81. The number of nitrogens with zero attached hydrogens (tertiary/aromatic N) is 2. The first-order valence-corrected chi connectivity index (χ1v) is 7.22. The van der Waals surface area contributed by atoms with Crippen LogP contribution in [0.3, 0.4) is 0 Å². The summed E-state index contributed by atoms with van der Waals surface area (Å²) in [5.74, 6) is -0.724. The summed E-state index contributed by atoms with van der Waals surface area (Å²) < 4.78 is 0. The van der Waals surface area contributed by atoms with Crippen molar-refractivity contribution in [3.63, 3.8) is 0 Å². The highest BCUT2D eigenvalue weighted by molar-refractivity contribution is 7.10. The third-order valence-corrected chi connectivity index (χ3v) is 4.38. The molecule has 0 bridgehead atoms. The Morgan fingerprint density at radius 2 is 2.06 bits per heavy atom. The lowest BCUT2D eigenvalue weighted by Crippen LogP contribution is -2.33. The Hall–Kier alpha value is -0.910. The van der Waals surface area contributed by atoms with Crippen LogP contribution in [0.25, 0.3) is 0 Å². The molecule has 18 heavy (non-hydrogen) atoms. The standard InChI is InChI=1S/C13H20N2O2S/c1-11-3-8-18-12(11)9-14-4-2-5-15(7-6-14)10-13(16)17/h3,8H,2,4-7,9-10H2,1H3,(H,16,17). The van der Waals surface area contributed by atoms with Gasteiger partial charge in [-0.2, -0.15) is 0 Å². The maximum atomic E-state index is 10.7. The molecule has 5 heteroatoms. The molecule has 1 aromatic rings. The fourth-order valence-corrected chi connectivity index (χ4v) is 3.25. The van der Waals surface area contributed by atoms with Gasteiger partial charge >= 0.3 is 5.97 Å². The van der Waals surface area contributed by atoms with E-state index in [2.05, 4.69) is 23.3 Å². The predicted molar refractivity (Wildman–Crippen MR) is 73.0 cm³/mol. The highest BCUT2D eigenvalue weighted by atomic mass is 32.1. The third-order valence-electron chi connectivity index (χ3n) is 3.38. The SMILES string of the molecule is Cc1ccsc1CN1CCCN(CC(=O)O)CC1. The van der Waals surface area contributed by atoms with E-state index in [1.54, 1.807) is 0 Å². The zero-order chi connectivity index (χ0) is 13.0. The molecule has 1 aromatic heterocycles. The number of hydrogen-bond acceptors (Lipinski definition) is 4. The van der Waals surface area contributed by atoms with Crippen molar-refractivity contribution in [1.29, 1.82) is 0 Å². The van der Waals surface area contributed by atoms with Crippen LogP contribution in [0.5, 0.6) is 0 Å². The minimum absolute atomic E-state index is 0.172. The number of hydrogen-bond donors (Lipinski definition) is 1. The van der Waals surface area contributed by atoms with E-state index in [1.165, 1.54) is 10.4 Å². The number of thiophene rings is 1. The maximum Gasteiger partial charge on any atom is 0.317 e. The number of aryl methyl sites for hydroxylation is 1. The van der Waals surface area contributed by atoms with E-state index < -0.39 is 5.97 Å². The molecule has 1 N–H and O–H groups in total. The molecule has 2 heterocycles. The van der Waals surface area contributed by atoms with Crippen molar-refractivity contribution >= 4 is 17.3 Å². The number of carbonyl (C=O) groups is 1. The van der Waals surface area contributed by atoms with Crippen molar-refractivity contribution in [1.82, 2.24) is 9.80 Å². The van der Waals surface area contributed by atoms with Crippen LogP contribution in [0.2, 0.25) is 0 Å². The van der Waals surface area contributed by atoms with Gasteiger partial charge < -0.3 is 5.11 Å². The molecule has 0 amide bonds. The summed E-state index contributed by atoms with van der Waals surface area (Å²) in [7, 11) is 0. The van der Waals surface area contributed by atoms with Gasteiger partial charge in [0.15, 0.2) is 0 Å². The Bertz CT molecular complexity index is 405. The van der Waals surface area contributed by atoms with E-state index in [-0.39, 0.29) is 6.54 Å². The summed E-state index contributed by atoms with van der Waals surface area (Å²) in [6.45, 7) is 7.11. The number of carboxylic acid groups (broad SMARTS) is 1. The van der Waals surface area contributed by atoms with Crippen molar-refractivity contribution in [2.45, 2.75) is 19.9 Å². The molecule has 0 spiro atoms. The Kier molecular flexibility index (Phi) is 4.74. The second-order valence-electron chi connectivity index (χ2n) is 4.83. The summed E-state index contributed by atoms with van der Waals surface area (Å²) in [6.07, 6.45) is 1.05. The van der Waals surface area contributed by atoms with Gasteiger partial charge in [0.25, 0.3) is 0 Å². The molecule has 4 nitrogen and oxygen atoms in total. The maximum absolute atomic E-state index is 10.7. The molecule has 0 aliphatic carbocycles. The quantitative estimate of drug-likeness (QED) is 0.902. The molecule has 1 aliphatic heterocycles. The summed E-state index contributed by atoms with van der Waals surface area (Å²) in [5, 5.41) is 11.0. The van der Waals surface area contributed by atoms with Gasteiger partial charge in [0.1, 0.15) is 0 Å². The zero-order valence-electron chi connectivity index (χ0n) is 10.8. The van der Waals surface area contributed by atoms with E-state index in [9.17, 15) is 4.79 Å². The lowest BCUT2D eigenvalue weighted by atomic mass is 10.2. The first-order chi connectivity index (χ1) is 8.65. The first-order valence-electron chi connectivity index (χ1n) is 6.34. The van der Waals surface area contributed by atoms with Gasteiger partial charge in [-0.15, -0.1) is 11.3 Å². The lowest BCUT2D eigenvalue weighted by molar-refractivity contribution is -0.138. The molecular formula is C13H20N2O2S. The Morgan fingerprint density at radius 3 is 2.72 bits per heavy atom. The normalized spacial score (nSPS) is 18.7. The molecule has 0 saturated carbocycles. The van der Waals surface area contributed by atoms with Gasteiger partial charge in [0.2, 0.25) is 0 Å². The molecule has 2 rings (SSSR count). The smallest absolute Gasteiger partial charge is 0.317 e. The van der Waals surface area contributed by atoms with E-state index in [1.807, 2.05) is 16.2 Å². The summed E-state index contributed by atoms with van der Waals surface area (Å²) in [5.41, 5.74) is 1.37. The molecule has 0 atom stereocenters. The molecular weight excluding hydrogens is 248 g/mol. The average Bonchev–Trinajstić information content (AvgIpc) is 2.58. The van der Waals surface area contributed by atoms with Gasteiger partial charge in [-0.25, -0.2) is 0 Å². The van der Waals surface area contributed by atoms with Crippen molar-refractivity contribution in [3.05, 3.63) is 21.9 Å². The number of carboxylic acids is 1. The van der Waals surface area contributed by atoms with Crippen molar-refractivity contribution in [2.24, 2.45) is 0 Å². The Balaban J connectivity index is 1.85. The Morgan fingerprint density at radius 1 is 1.33 bits per heavy atom. The van der Waals surface area contributed by atoms with E-state index in [0.717, 1.165) is 39.1 Å². The highest BCUT2D eigenvalue weighted by Gasteiger charge is 2.17. The highest BCUT2D eigenvalue weighted by Crippen LogP contribution is 2.18. The van der Waals surface area contributed by atoms with Crippen molar-refractivity contribution in [2.75, 3.05) is 32.7 Å². The average molecular weight is 268 g/mol. The van der Waals surface area contributed by atoms with Gasteiger partial charge in [-0.05, 0) is 36.9 Å². The molecule has 100 valence electrons. The van der Waals surface area contributed by atoms with Gasteiger partial charge in [-0.3, -0.25) is 14.6 Å². The molecule has 1 saturated heterocycles. The monoisotopic (exact) mass is 268 g/mol. The third kappa shape index (κ3) is 3.80. The molecule has 0 radical (unpaired) electrons. The van der Waals surface area contributed by atoms with Gasteiger partial charge in [0, 0.05) is 31.1 Å². The van der Waals surface area contributed by atoms with Crippen LogP contribution in [0.4, 0.5) is 0 Å². The van der Waals surface area contributed by atoms with Crippen LogP contribution in [-0.4, -0.2) is 53.6 Å². The fourth-order valence-electron chi connectivity index (χ4n) is 2.30. The molecule has 0 aromatic carbocycles. The van der Waals surface area contributed by atoms with E-state index >= 15 is 0 Å². The zero-order valence-corrected chi connectivity index (χ0v) is 11.6.